The zero-order valence-corrected chi connectivity index (χ0v) is 16.7. The van der Waals surface area contributed by atoms with E-state index in [1.54, 1.807) is 32.4 Å². The third-order valence-electron chi connectivity index (χ3n) is 5.03. The Morgan fingerprint density at radius 1 is 1.08 bits per heavy atom. The number of rotatable bonds is 6. The van der Waals surface area contributed by atoms with E-state index in [0.29, 0.717) is 17.2 Å². The van der Waals surface area contributed by atoms with E-state index in [1.165, 1.54) is 5.56 Å². The highest BCUT2D eigenvalue weighted by Crippen LogP contribution is 2.51. The molecule has 0 aromatic heterocycles. The van der Waals surface area contributed by atoms with Crippen LogP contribution in [0.15, 0.2) is 46.9 Å². The summed E-state index contributed by atoms with van der Waals surface area (Å²) >= 11 is 3.47. The molecule has 1 aliphatic rings. The molecule has 2 aromatic rings. The van der Waals surface area contributed by atoms with E-state index in [-0.39, 0.29) is 17.5 Å². The summed E-state index contributed by atoms with van der Waals surface area (Å²) in [5.41, 5.74) is 1.94. The van der Waals surface area contributed by atoms with Gasteiger partial charge in [0.1, 0.15) is 0 Å². The lowest BCUT2D eigenvalue weighted by Gasteiger charge is -2.25. The number of carbonyl (C=O) groups excluding carboxylic acids is 1. The molecule has 0 saturated heterocycles. The smallest absolute Gasteiger partial charge is 0.319 e. The number of amides is 2. The normalized spacial score (nSPS) is 15.7. The molecule has 6 heteroatoms. The summed E-state index contributed by atoms with van der Waals surface area (Å²) in [5, 5.41) is 5.94. The van der Waals surface area contributed by atoms with E-state index in [1.807, 2.05) is 12.1 Å². The predicted octanol–water partition coefficient (Wildman–Crippen LogP) is 4.71. The fourth-order valence-electron chi connectivity index (χ4n) is 3.30. The highest BCUT2D eigenvalue weighted by Gasteiger charge is 2.49. The molecule has 0 bridgehead atoms. The van der Waals surface area contributed by atoms with Gasteiger partial charge in [-0.2, -0.15) is 0 Å². The lowest BCUT2D eigenvalue weighted by Crippen LogP contribution is -2.43. The summed E-state index contributed by atoms with van der Waals surface area (Å²) in [4.78, 5) is 12.4. The zero-order chi connectivity index (χ0) is 18.7. The van der Waals surface area contributed by atoms with Gasteiger partial charge in [0.05, 0.1) is 14.2 Å². The molecule has 2 N–H and O–H groups in total. The third kappa shape index (κ3) is 3.80. The monoisotopic (exact) mass is 418 g/mol. The van der Waals surface area contributed by atoms with Gasteiger partial charge in [0.2, 0.25) is 0 Å². The van der Waals surface area contributed by atoms with Crippen molar-refractivity contribution >= 4 is 27.6 Å². The minimum atomic E-state index is -0.229. The van der Waals surface area contributed by atoms with Gasteiger partial charge in [-0.25, -0.2) is 4.79 Å². The van der Waals surface area contributed by atoms with Crippen LogP contribution in [0, 0.1) is 0 Å². The summed E-state index contributed by atoms with van der Waals surface area (Å²) in [7, 11) is 3.15. The Morgan fingerprint density at radius 2 is 1.73 bits per heavy atom. The van der Waals surface area contributed by atoms with Gasteiger partial charge in [0.15, 0.2) is 11.5 Å². The van der Waals surface area contributed by atoms with Crippen LogP contribution < -0.4 is 20.1 Å². The van der Waals surface area contributed by atoms with Crippen molar-refractivity contribution in [3.05, 3.63) is 52.5 Å². The number of benzene rings is 2. The maximum atomic E-state index is 12.4. The van der Waals surface area contributed by atoms with E-state index >= 15 is 0 Å². The molecule has 1 fully saturated rings. The fraction of sp³-hybridized carbons (Fsp3) is 0.350. The molecule has 0 spiro atoms. The molecule has 0 heterocycles. The topological polar surface area (TPSA) is 59.6 Å². The van der Waals surface area contributed by atoms with Crippen molar-refractivity contribution in [2.24, 2.45) is 0 Å². The predicted molar refractivity (Wildman–Crippen MR) is 106 cm³/mol. The van der Waals surface area contributed by atoms with Gasteiger partial charge in [-0.3, -0.25) is 0 Å². The second-order valence-corrected chi connectivity index (χ2v) is 7.47. The summed E-state index contributed by atoms with van der Waals surface area (Å²) in [6.07, 6.45) is 2.15. The van der Waals surface area contributed by atoms with E-state index in [0.717, 1.165) is 17.3 Å². The molecule has 138 valence electrons. The van der Waals surface area contributed by atoms with E-state index < -0.39 is 0 Å². The maximum Gasteiger partial charge on any atom is 0.319 e. The lowest BCUT2D eigenvalue weighted by molar-refractivity contribution is 0.246. The van der Waals surface area contributed by atoms with Crippen LogP contribution in [-0.2, 0) is 5.41 Å². The zero-order valence-electron chi connectivity index (χ0n) is 15.1. The van der Waals surface area contributed by atoms with Gasteiger partial charge in [0, 0.05) is 27.7 Å². The second-order valence-electron chi connectivity index (χ2n) is 6.55. The standard InChI is InChI=1S/C20H23BrN2O3/c1-13(20(10-11-20)14-4-6-15(21)7-5-14)22-19(24)23-16-8-9-17(25-2)18(12-16)26-3/h4-9,12-13H,10-11H2,1-3H3,(H2,22,23,24). The number of hydrogen-bond acceptors (Lipinski definition) is 3. The molecule has 1 unspecified atom stereocenters. The van der Waals surface area contributed by atoms with Gasteiger partial charge in [-0.1, -0.05) is 28.1 Å². The SMILES string of the molecule is COc1ccc(NC(=O)NC(C)C2(c3ccc(Br)cc3)CC2)cc1OC. The first-order chi connectivity index (χ1) is 12.5. The summed E-state index contributed by atoms with van der Waals surface area (Å²) in [5.74, 6) is 1.20. The molecule has 3 rings (SSSR count). The Morgan fingerprint density at radius 3 is 2.31 bits per heavy atom. The van der Waals surface area contributed by atoms with Crippen molar-refractivity contribution in [2.75, 3.05) is 19.5 Å². The Hall–Kier alpha value is -2.21. The lowest BCUT2D eigenvalue weighted by atomic mass is 9.89. The van der Waals surface area contributed by atoms with Gasteiger partial charge in [-0.15, -0.1) is 0 Å². The first-order valence-corrected chi connectivity index (χ1v) is 9.33. The van der Waals surface area contributed by atoms with Gasteiger partial charge < -0.3 is 20.1 Å². The van der Waals surface area contributed by atoms with Crippen LogP contribution in [0.3, 0.4) is 0 Å². The minimum absolute atomic E-state index is 0.0235. The molecular weight excluding hydrogens is 396 g/mol. The van der Waals surface area contributed by atoms with Crippen LogP contribution in [0.5, 0.6) is 11.5 Å². The number of ether oxygens (including phenoxy) is 2. The molecule has 1 atom stereocenters. The van der Waals surface area contributed by atoms with Crippen LogP contribution >= 0.6 is 15.9 Å². The molecular formula is C20H23BrN2O3. The Balaban J connectivity index is 1.65. The number of urea groups is 1. The summed E-state index contributed by atoms with van der Waals surface area (Å²) in [6, 6.07) is 13.4. The number of methoxy groups -OCH3 is 2. The molecule has 5 nitrogen and oxygen atoms in total. The minimum Gasteiger partial charge on any atom is -0.493 e. The third-order valence-corrected chi connectivity index (χ3v) is 5.55. The van der Waals surface area contributed by atoms with Crippen LogP contribution in [0.25, 0.3) is 0 Å². The Labute approximate surface area is 162 Å². The number of carbonyl (C=O) groups is 1. The quantitative estimate of drug-likeness (QED) is 0.713. The Bertz CT molecular complexity index is 788. The van der Waals surface area contributed by atoms with E-state index in [4.69, 9.17) is 9.47 Å². The molecule has 0 aliphatic heterocycles. The second kappa shape index (κ2) is 7.58. The largest absolute Gasteiger partial charge is 0.493 e. The molecule has 1 saturated carbocycles. The van der Waals surface area contributed by atoms with Crippen molar-refractivity contribution in [1.29, 1.82) is 0 Å². The maximum absolute atomic E-state index is 12.4. The Kier molecular flexibility index (Phi) is 5.41. The molecule has 2 amide bonds. The molecule has 26 heavy (non-hydrogen) atoms. The fourth-order valence-corrected chi connectivity index (χ4v) is 3.57. The highest BCUT2D eigenvalue weighted by atomic mass is 79.9. The van der Waals surface area contributed by atoms with E-state index in [9.17, 15) is 4.79 Å². The van der Waals surface area contributed by atoms with Crippen LogP contribution in [0.1, 0.15) is 25.3 Å². The van der Waals surface area contributed by atoms with Gasteiger partial charge in [-0.05, 0) is 49.6 Å². The summed E-state index contributed by atoms with van der Waals surface area (Å²) < 4.78 is 11.5. The van der Waals surface area contributed by atoms with Crippen molar-refractivity contribution in [3.8, 4) is 11.5 Å². The number of hydrogen-bond donors (Lipinski definition) is 2. The van der Waals surface area contributed by atoms with Crippen LogP contribution in [-0.4, -0.2) is 26.3 Å². The molecule has 2 aromatic carbocycles. The van der Waals surface area contributed by atoms with Crippen molar-refractivity contribution in [3.63, 3.8) is 0 Å². The first kappa shape index (κ1) is 18.6. The van der Waals surface area contributed by atoms with Crippen molar-refractivity contribution < 1.29 is 14.3 Å². The van der Waals surface area contributed by atoms with Crippen molar-refractivity contribution in [1.82, 2.24) is 5.32 Å². The van der Waals surface area contributed by atoms with Crippen LogP contribution in [0.4, 0.5) is 10.5 Å². The van der Waals surface area contributed by atoms with Gasteiger partial charge in [0.25, 0.3) is 0 Å². The number of anilines is 1. The summed E-state index contributed by atoms with van der Waals surface area (Å²) in [6.45, 7) is 2.06. The molecule has 0 radical (unpaired) electrons. The van der Waals surface area contributed by atoms with Gasteiger partial charge >= 0.3 is 6.03 Å². The number of nitrogens with one attached hydrogen (secondary N) is 2. The molecule has 1 aliphatic carbocycles. The average molecular weight is 419 g/mol. The average Bonchev–Trinajstić information content (AvgIpc) is 3.44. The highest BCUT2D eigenvalue weighted by molar-refractivity contribution is 9.10. The van der Waals surface area contributed by atoms with Crippen LogP contribution in [0.2, 0.25) is 0 Å². The number of halogens is 1. The van der Waals surface area contributed by atoms with E-state index in [2.05, 4.69) is 45.6 Å². The van der Waals surface area contributed by atoms with Crippen molar-refractivity contribution in [2.45, 2.75) is 31.2 Å². The first-order valence-electron chi connectivity index (χ1n) is 8.54.